The minimum absolute atomic E-state index is 0.0648. The largest absolute Gasteiger partial charge is 0.325 e. The molecule has 2 rings (SSSR count). The predicted molar refractivity (Wildman–Crippen MR) is 81.5 cm³/mol. The van der Waals surface area contributed by atoms with Crippen LogP contribution in [0.1, 0.15) is 45.2 Å². The van der Waals surface area contributed by atoms with Crippen molar-refractivity contribution in [1.82, 2.24) is 15.5 Å². The topological polar surface area (TPSA) is 61.4 Å². The lowest BCUT2D eigenvalue weighted by Gasteiger charge is -2.36. The number of hydrogen-bond donors (Lipinski definition) is 2. The average Bonchev–Trinajstić information content (AvgIpc) is 2.47. The predicted octanol–water partition coefficient (Wildman–Crippen LogP) is 2.40. The number of imide groups is 1. The van der Waals surface area contributed by atoms with Crippen molar-refractivity contribution in [2.45, 2.75) is 51.9 Å². The number of amides is 3. The molecule has 1 aliphatic rings. The zero-order valence-electron chi connectivity index (χ0n) is 12.8. The van der Waals surface area contributed by atoms with Crippen LogP contribution in [0.5, 0.6) is 0 Å². The molecule has 0 spiro atoms. The first kappa shape index (κ1) is 15.5. The average molecular weight is 289 g/mol. The van der Waals surface area contributed by atoms with Crippen LogP contribution in [0.3, 0.4) is 0 Å². The lowest BCUT2D eigenvalue weighted by molar-refractivity contribution is -0.132. The van der Waals surface area contributed by atoms with Gasteiger partial charge in [0.2, 0.25) is 5.91 Å². The zero-order valence-corrected chi connectivity index (χ0v) is 12.8. The molecule has 21 heavy (non-hydrogen) atoms. The third-order valence-corrected chi connectivity index (χ3v) is 3.95. The molecular weight excluding hydrogens is 266 g/mol. The molecule has 5 nitrogen and oxygen atoms in total. The summed E-state index contributed by atoms with van der Waals surface area (Å²) in [4.78, 5) is 25.6. The quantitative estimate of drug-likeness (QED) is 0.875. The standard InChI is InChI=1S/C16H23N3O2/c1-4-11(2)19-15(20)10-14(18-16(19)21)17-12(3)13-8-6-5-7-9-13/h5-9,11-12,14,17H,4,10H2,1-3H3,(H,18,21)/t11?,12-,14?/m0/s1. The Morgan fingerprint density at radius 2 is 1.95 bits per heavy atom. The first-order chi connectivity index (χ1) is 10.0. The highest BCUT2D eigenvalue weighted by atomic mass is 16.2. The summed E-state index contributed by atoms with van der Waals surface area (Å²) < 4.78 is 0. The number of urea groups is 1. The monoisotopic (exact) mass is 289 g/mol. The van der Waals surface area contributed by atoms with Gasteiger partial charge in [0.1, 0.15) is 0 Å². The van der Waals surface area contributed by atoms with Crippen LogP contribution in [0.2, 0.25) is 0 Å². The maximum absolute atomic E-state index is 12.2. The van der Waals surface area contributed by atoms with E-state index < -0.39 is 0 Å². The summed E-state index contributed by atoms with van der Waals surface area (Å²) in [5.41, 5.74) is 1.13. The number of hydrogen-bond acceptors (Lipinski definition) is 3. The fourth-order valence-corrected chi connectivity index (χ4v) is 2.52. The second-order valence-electron chi connectivity index (χ2n) is 5.53. The number of carbonyl (C=O) groups excluding carboxylic acids is 2. The van der Waals surface area contributed by atoms with E-state index in [-0.39, 0.29) is 36.6 Å². The van der Waals surface area contributed by atoms with Crippen molar-refractivity contribution in [3.8, 4) is 0 Å². The summed E-state index contributed by atoms with van der Waals surface area (Å²) in [5.74, 6) is -0.120. The SMILES string of the molecule is CCC(C)N1C(=O)CC(N[C@@H](C)c2ccccc2)NC1=O. The molecule has 114 valence electrons. The summed E-state index contributed by atoms with van der Waals surface area (Å²) >= 11 is 0. The Labute approximate surface area is 125 Å². The van der Waals surface area contributed by atoms with Crippen LogP contribution in [0, 0.1) is 0 Å². The summed E-state index contributed by atoms with van der Waals surface area (Å²) in [6.45, 7) is 5.87. The van der Waals surface area contributed by atoms with Crippen LogP contribution in [0.25, 0.3) is 0 Å². The Kier molecular flexibility index (Phi) is 4.96. The van der Waals surface area contributed by atoms with Gasteiger partial charge in [0.05, 0.1) is 12.6 Å². The Balaban J connectivity index is 1.98. The van der Waals surface area contributed by atoms with Crippen molar-refractivity contribution in [2.24, 2.45) is 0 Å². The van der Waals surface area contributed by atoms with E-state index >= 15 is 0 Å². The number of carbonyl (C=O) groups is 2. The molecule has 2 unspecified atom stereocenters. The van der Waals surface area contributed by atoms with E-state index in [0.717, 1.165) is 12.0 Å². The summed E-state index contributed by atoms with van der Waals surface area (Å²) in [7, 11) is 0. The molecule has 0 aromatic heterocycles. The second kappa shape index (κ2) is 6.72. The number of benzene rings is 1. The van der Waals surface area contributed by atoms with Crippen molar-refractivity contribution < 1.29 is 9.59 Å². The van der Waals surface area contributed by atoms with E-state index in [9.17, 15) is 9.59 Å². The third kappa shape index (κ3) is 3.61. The summed E-state index contributed by atoms with van der Waals surface area (Å²) in [5, 5.41) is 6.16. The van der Waals surface area contributed by atoms with Gasteiger partial charge in [-0.05, 0) is 25.8 Å². The third-order valence-electron chi connectivity index (χ3n) is 3.95. The molecular formula is C16H23N3O2. The number of rotatable bonds is 5. The molecule has 1 saturated heterocycles. The maximum atomic E-state index is 12.2. The molecule has 5 heteroatoms. The highest BCUT2D eigenvalue weighted by molar-refractivity contribution is 5.97. The van der Waals surface area contributed by atoms with Crippen LogP contribution < -0.4 is 10.6 Å². The fourth-order valence-electron chi connectivity index (χ4n) is 2.52. The molecule has 0 radical (unpaired) electrons. The van der Waals surface area contributed by atoms with E-state index in [1.807, 2.05) is 51.1 Å². The molecule has 1 heterocycles. The Hall–Kier alpha value is -1.88. The summed E-state index contributed by atoms with van der Waals surface area (Å²) in [6, 6.07) is 9.66. The Morgan fingerprint density at radius 3 is 2.52 bits per heavy atom. The van der Waals surface area contributed by atoms with Gasteiger partial charge in [-0.25, -0.2) is 4.79 Å². The van der Waals surface area contributed by atoms with Crippen LogP contribution in [-0.4, -0.2) is 29.0 Å². The van der Waals surface area contributed by atoms with Crippen LogP contribution in [0.4, 0.5) is 4.79 Å². The van der Waals surface area contributed by atoms with Gasteiger partial charge >= 0.3 is 6.03 Å². The first-order valence-electron chi connectivity index (χ1n) is 7.46. The fraction of sp³-hybridized carbons (Fsp3) is 0.500. The van der Waals surface area contributed by atoms with Crippen molar-refractivity contribution in [3.05, 3.63) is 35.9 Å². The highest BCUT2D eigenvalue weighted by Gasteiger charge is 2.34. The summed E-state index contributed by atoms with van der Waals surface area (Å²) in [6.07, 6.45) is 0.728. The Bertz CT molecular complexity index is 486. The smallest absolute Gasteiger partial charge is 0.322 e. The van der Waals surface area contributed by atoms with Gasteiger partial charge in [0.15, 0.2) is 0 Å². The van der Waals surface area contributed by atoms with Crippen molar-refractivity contribution in [2.75, 3.05) is 0 Å². The molecule has 2 N–H and O–H groups in total. The lowest BCUT2D eigenvalue weighted by atomic mass is 10.1. The Morgan fingerprint density at radius 1 is 1.29 bits per heavy atom. The number of nitrogens with zero attached hydrogens (tertiary/aromatic N) is 1. The highest BCUT2D eigenvalue weighted by Crippen LogP contribution is 2.16. The molecule has 3 amide bonds. The molecule has 1 fully saturated rings. The molecule has 0 saturated carbocycles. The van der Waals surface area contributed by atoms with Gasteiger partial charge in [-0.3, -0.25) is 15.0 Å². The van der Waals surface area contributed by atoms with E-state index in [1.54, 1.807) is 0 Å². The maximum Gasteiger partial charge on any atom is 0.325 e. The van der Waals surface area contributed by atoms with Crippen LogP contribution in [0.15, 0.2) is 30.3 Å². The first-order valence-corrected chi connectivity index (χ1v) is 7.46. The van der Waals surface area contributed by atoms with Gasteiger partial charge in [-0.15, -0.1) is 0 Å². The van der Waals surface area contributed by atoms with E-state index in [2.05, 4.69) is 10.6 Å². The lowest BCUT2D eigenvalue weighted by Crippen LogP contribution is -2.61. The minimum Gasteiger partial charge on any atom is -0.322 e. The van der Waals surface area contributed by atoms with Crippen molar-refractivity contribution >= 4 is 11.9 Å². The van der Waals surface area contributed by atoms with Gasteiger partial charge in [0.25, 0.3) is 0 Å². The minimum atomic E-state index is -0.319. The molecule has 0 aliphatic carbocycles. The molecule has 1 aliphatic heterocycles. The second-order valence-corrected chi connectivity index (χ2v) is 5.53. The van der Waals surface area contributed by atoms with E-state index in [4.69, 9.17) is 0 Å². The molecule has 1 aromatic rings. The van der Waals surface area contributed by atoms with Gasteiger partial charge in [0, 0.05) is 12.1 Å². The van der Waals surface area contributed by atoms with Crippen LogP contribution >= 0.6 is 0 Å². The molecule has 3 atom stereocenters. The molecule has 0 bridgehead atoms. The van der Waals surface area contributed by atoms with Gasteiger partial charge in [-0.1, -0.05) is 37.3 Å². The molecule has 1 aromatic carbocycles. The van der Waals surface area contributed by atoms with E-state index in [1.165, 1.54) is 4.90 Å². The zero-order chi connectivity index (χ0) is 15.4. The van der Waals surface area contributed by atoms with E-state index in [0.29, 0.717) is 0 Å². The van der Waals surface area contributed by atoms with Gasteiger partial charge < -0.3 is 5.32 Å². The van der Waals surface area contributed by atoms with Crippen molar-refractivity contribution in [1.29, 1.82) is 0 Å². The normalized spacial score (nSPS) is 21.9. The number of nitrogens with one attached hydrogen (secondary N) is 2. The van der Waals surface area contributed by atoms with Gasteiger partial charge in [-0.2, -0.15) is 0 Å². The van der Waals surface area contributed by atoms with Crippen molar-refractivity contribution in [3.63, 3.8) is 0 Å². The van der Waals surface area contributed by atoms with Crippen LogP contribution in [-0.2, 0) is 4.79 Å².